The summed E-state index contributed by atoms with van der Waals surface area (Å²) in [5.74, 6) is -0.557. The summed E-state index contributed by atoms with van der Waals surface area (Å²) in [7, 11) is -4.27. The van der Waals surface area contributed by atoms with Gasteiger partial charge in [0.15, 0.2) is 11.5 Å². The summed E-state index contributed by atoms with van der Waals surface area (Å²) in [5, 5.41) is 3.13. The number of hydrogen-bond acceptors (Lipinski definition) is 5. The van der Waals surface area contributed by atoms with Gasteiger partial charge < -0.3 is 14.8 Å². The zero-order valence-corrected chi connectivity index (χ0v) is 19.1. The molecule has 3 aromatic rings. The van der Waals surface area contributed by atoms with Crippen molar-refractivity contribution >= 4 is 38.9 Å². The lowest BCUT2D eigenvalue weighted by Crippen LogP contribution is -2.38. The van der Waals surface area contributed by atoms with E-state index < -0.39 is 28.3 Å². The predicted octanol–water partition coefficient (Wildman–Crippen LogP) is 4.39. The summed E-state index contributed by atoms with van der Waals surface area (Å²) in [6.07, 6.45) is 0. The zero-order chi connectivity index (χ0) is 23.6. The molecule has 7 nitrogen and oxygen atoms in total. The van der Waals surface area contributed by atoms with E-state index in [0.29, 0.717) is 28.6 Å². The Bertz CT molecular complexity index is 1320. The predicted molar refractivity (Wildman–Crippen MR) is 123 cm³/mol. The quantitative estimate of drug-likeness (QED) is 0.554. The van der Waals surface area contributed by atoms with Crippen LogP contribution in [0.1, 0.15) is 5.56 Å². The molecule has 0 spiro atoms. The Morgan fingerprint density at radius 2 is 1.79 bits per heavy atom. The second kappa shape index (κ2) is 9.29. The Labute approximate surface area is 195 Å². The summed E-state index contributed by atoms with van der Waals surface area (Å²) in [6, 6.07) is 14.2. The van der Waals surface area contributed by atoms with E-state index >= 15 is 0 Å². The van der Waals surface area contributed by atoms with E-state index in [4.69, 9.17) is 21.1 Å². The molecule has 0 unspecified atom stereocenters. The highest BCUT2D eigenvalue weighted by Crippen LogP contribution is 2.34. The molecule has 1 amide bonds. The summed E-state index contributed by atoms with van der Waals surface area (Å²) >= 11 is 6.11. The van der Waals surface area contributed by atoms with Gasteiger partial charge in [-0.25, -0.2) is 12.8 Å². The standard InChI is InChI=1S/C23H20ClFN2O5S/c1-15-19(24)6-3-7-20(15)26-23(28)14-27(17-5-2-4-16(25)12-17)33(29,30)18-8-9-21-22(13-18)32-11-10-31-21/h2-9,12-13H,10-11,14H2,1H3,(H,26,28). The fourth-order valence-electron chi connectivity index (χ4n) is 3.32. The van der Waals surface area contributed by atoms with Crippen molar-refractivity contribution in [2.24, 2.45) is 0 Å². The number of carbonyl (C=O) groups is 1. The first-order chi connectivity index (χ1) is 15.8. The lowest BCUT2D eigenvalue weighted by molar-refractivity contribution is -0.114. The van der Waals surface area contributed by atoms with E-state index in [1.54, 1.807) is 25.1 Å². The van der Waals surface area contributed by atoms with Gasteiger partial charge in [-0.2, -0.15) is 0 Å². The largest absolute Gasteiger partial charge is 0.486 e. The van der Waals surface area contributed by atoms with Crippen molar-refractivity contribution in [1.29, 1.82) is 0 Å². The maximum atomic E-state index is 14.0. The molecule has 0 aliphatic carbocycles. The van der Waals surface area contributed by atoms with Gasteiger partial charge >= 0.3 is 0 Å². The van der Waals surface area contributed by atoms with Gasteiger partial charge in [-0.1, -0.05) is 23.7 Å². The molecule has 0 bridgehead atoms. The number of ether oxygens (including phenoxy) is 2. The Balaban J connectivity index is 1.69. The van der Waals surface area contributed by atoms with Crippen molar-refractivity contribution in [2.75, 3.05) is 29.4 Å². The van der Waals surface area contributed by atoms with Crippen LogP contribution in [0.25, 0.3) is 0 Å². The van der Waals surface area contributed by atoms with Crippen molar-refractivity contribution in [1.82, 2.24) is 0 Å². The molecule has 172 valence electrons. The number of nitrogens with zero attached hydrogens (tertiary/aromatic N) is 1. The van der Waals surface area contributed by atoms with Gasteiger partial charge in [-0.05, 0) is 55.0 Å². The van der Waals surface area contributed by atoms with Crippen LogP contribution in [0.3, 0.4) is 0 Å². The molecule has 1 N–H and O–H groups in total. The summed E-state index contributed by atoms with van der Waals surface area (Å²) < 4.78 is 52.8. The van der Waals surface area contributed by atoms with Gasteiger partial charge in [-0.3, -0.25) is 9.10 Å². The van der Waals surface area contributed by atoms with Crippen LogP contribution >= 0.6 is 11.6 Å². The molecule has 0 saturated carbocycles. The van der Waals surface area contributed by atoms with Crippen molar-refractivity contribution in [3.05, 3.63) is 77.1 Å². The SMILES string of the molecule is Cc1c(Cl)cccc1NC(=O)CN(c1cccc(F)c1)S(=O)(=O)c1ccc2c(c1)OCCO2. The molecule has 1 aliphatic heterocycles. The van der Waals surface area contributed by atoms with E-state index in [2.05, 4.69) is 5.32 Å². The number of benzene rings is 3. The Kier molecular flexibility index (Phi) is 6.44. The van der Waals surface area contributed by atoms with Crippen LogP contribution in [-0.2, 0) is 14.8 Å². The van der Waals surface area contributed by atoms with Gasteiger partial charge in [0, 0.05) is 16.8 Å². The molecule has 0 radical (unpaired) electrons. The molecule has 0 saturated heterocycles. The third kappa shape index (κ3) is 4.89. The van der Waals surface area contributed by atoms with Gasteiger partial charge in [-0.15, -0.1) is 0 Å². The van der Waals surface area contributed by atoms with Crippen molar-refractivity contribution in [3.63, 3.8) is 0 Å². The van der Waals surface area contributed by atoms with Crippen molar-refractivity contribution in [3.8, 4) is 11.5 Å². The van der Waals surface area contributed by atoms with Crippen LogP contribution in [0.2, 0.25) is 5.02 Å². The fraction of sp³-hybridized carbons (Fsp3) is 0.174. The molecule has 1 heterocycles. The smallest absolute Gasteiger partial charge is 0.264 e. The molecular formula is C23H20ClFN2O5S. The van der Waals surface area contributed by atoms with Gasteiger partial charge in [0.05, 0.1) is 10.6 Å². The molecule has 0 aromatic heterocycles. The van der Waals surface area contributed by atoms with E-state index in [-0.39, 0.29) is 22.9 Å². The Morgan fingerprint density at radius 3 is 2.55 bits per heavy atom. The average Bonchev–Trinajstić information content (AvgIpc) is 2.80. The molecule has 0 atom stereocenters. The van der Waals surface area contributed by atoms with Crippen LogP contribution in [0.5, 0.6) is 11.5 Å². The van der Waals surface area contributed by atoms with Crippen molar-refractivity contribution in [2.45, 2.75) is 11.8 Å². The van der Waals surface area contributed by atoms with Crippen LogP contribution in [0.4, 0.5) is 15.8 Å². The monoisotopic (exact) mass is 490 g/mol. The first kappa shape index (κ1) is 22.9. The normalized spacial score (nSPS) is 12.8. The highest BCUT2D eigenvalue weighted by molar-refractivity contribution is 7.92. The van der Waals surface area contributed by atoms with E-state index in [0.717, 1.165) is 10.4 Å². The third-order valence-corrected chi connectivity index (χ3v) is 7.21. The highest BCUT2D eigenvalue weighted by atomic mass is 35.5. The number of halogens is 2. The number of carbonyl (C=O) groups excluding carboxylic acids is 1. The molecular weight excluding hydrogens is 471 g/mol. The van der Waals surface area contributed by atoms with Crippen LogP contribution in [-0.4, -0.2) is 34.1 Å². The third-order valence-electron chi connectivity index (χ3n) is 5.03. The number of fused-ring (bicyclic) bond motifs is 1. The van der Waals surface area contributed by atoms with Crippen LogP contribution < -0.4 is 19.1 Å². The minimum absolute atomic E-state index is 0.00264. The summed E-state index contributed by atoms with van der Waals surface area (Å²) in [4.78, 5) is 12.7. The first-order valence-corrected chi connectivity index (χ1v) is 11.8. The number of rotatable bonds is 6. The maximum Gasteiger partial charge on any atom is 0.264 e. The highest BCUT2D eigenvalue weighted by Gasteiger charge is 2.29. The average molecular weight is 491 g/mol. The van der Waals surface area contributed by atoms with E-state index in [1.807, 2.05) is 0 Å². The molecule has 33 heavy (non-hydrogen) atoms. The maximum absolute atomic E-state index is 14.0. The van der Waals surface area contributed by atoms with E-state index in [9.17, 15) is 17.6 Å². The number of sulfonamides is 1. The van der Waals surface area contributed by atoms with Gasteiger partial charge in [0.1, 0.15) is 25.6 Å². The molecule has 0 fully saturated rings. The number of hydrogen-bond donors (Lipinski definition) is 1. The zero-order valence-electron chi connectivity index (χ0n) is 17.5. The van der Waals surface area contributed by atoms with Gasteiger partial charge in [0.25, 0.3) is 10.0 Å². The lowest BCUT2D eigenvalue weighted by atomic mass is 10.2. The van der Waals surface area contributed by atoms with Crippen LogP contribution in [0.15, 0.2) is 65.6 Å². The Morgan fingerprint density at radius 1 is 1.06 bits per heavy atom. The van der Waals surface area contributed by atoms with E-state index in [1.165, 1.54) is 36.4 Å². The second-order valence-electron chi connectivity index (χ2n) is 7.26. The molecule has 3 aromatic carbocycles. The Hall–Kier alpha value is -3.30. The summed E-state index contributed by atoms with van der Waals surface area (Å²) in [5.41, 5.74) is 1.09. The number of nitrogens with one attached hydrogen (secondary N) is 1. The summed E-state index contributed by atoms with van der Waals surface area (Å²) in [6.45, 7) is 1.78. The number of amides is 1. The topological polar surface area (TPSA) is 84.9 Å². The number of anilines is 2. The van der Waals surface area contributed by atoms with Crippen molar-refractivity contribution < 1.29 is 27.1 Å². The second-order valence-corrected chi connectivity index (χ2v) is 9.53. The molecule has 10 heteroatoms. The molecule has 1 aliphatic rings. The minimum atomic E-state index is -4.27. The molecule has 4 rings (SSSR count). The minimum Gasteiger partial charge on any atom is -0.486 e. The van der Waals surface area contributed by atoms with Gasteiger partial charge in [0.2, 0.25) is 5.91 Å². The van der Waals surface area contributed by atoms with Crippen LogP contribution in [0, 0.1) is 12.7 Å². The fourth-order valence-corrected chi connectivity index (χ4v) is 4.92. The lowest BCUT2D eigenvalue weighted by Gasteiger charge is -2.25. The first-order valence-electron chi connectivity index (χ1n) is 9.98.